The molecule has 0 saturated carbocycles. The summed E-state index contributed by atoms with van der Waals surface area (Å²) >= 11 is 6.32. The molecule has 21 heavy (non-hydrogen) atoms. The molecule has 1 N–H and O–H groups in total. The van der Waals surface area contributed by atoms with Gasteiger partial charge in [0.2, 0.25) is 0 Å². The first-order chi connectivity index (χ1) is 9.86. The molecule has 0 amide bonds. The van der Waals surface area contributed by atoms with Crippen LogP contribution in [0.2, 0.25) is 5.15 Å². The Balaban J connectivity index is 1.86. The smallest absolute Gasteiger partial charge is 0.137 e. The van der Waals surface area contributed by atoms with Crippen LogP contribution in [-0.4, -0.2) is 40.0 Å². The lowest BCUT2D eigenvalue weighted by molar-refractivity contribution is 0.318. The Hall–Kier alpha value is -0.870. The maximum Gasteiger partial charge on any atom is 0.137 e. The summed E-state index contributed by atoms with van der Waals surface area (Å²) in [6, 6.07) is 1.15. The van der Waals surface area contributed by atoms with Gasteiger partial charge in [-0.05, 0) is 32.7 Å². The van der Waals surface area contributed by atoms with Crippen LogP contribution < -0.4 is 5.32 Å². The Bertz CT molecular complexity index is 538. The monoisotopic (exact) mass is 308 g/mol. The van der Waals surface area contributed by atoms with Gasteiger partial charge in [-0.25, -0.2) is 9.97 Å². The van der Waals surface area contributed by atoms with Crippen LogP contribution in [-0.2, 0) is 5.41 Å². The van der Waals surface area contributed by atoms with E-state index in [1.807, 2.05) is 6.92 Å². The van der Waals surface area contributed by atoms with Crippen molar-refractivity contribution in [1.29, 1.82) is 0 Å². The molecule has 116 valence electrons. The molecule has 1 aromatic heterocycles. The Labute approximate surface area is 132 Å². The second-order valence-electron chi connectivity index (χ2n) is 7.35. The number of hydrogen-bond donors (Lipinski definition) is 1. The minimum Gasteiger partial charge on any atom is -0.365 e. The highest BCUT2D eigenvalue weighted by atomic mass is 35.5. The Morgan fingerprint density at radius 3 is 2.67 bits per heavy atom. The van der Waals surface area contributed by atoms with Gasteiger partial charge in [0.15, 0.2) is 0 Å². The first-order valence-electron chi connectivity index (χ1n) is 7.91. The average molecular weight is 309 g/mol. The van der Waals surface area contributed by atoms with Gasteiger partial charge in [0.25, 0.3) is 0 Å². The topological polar surface area (TPSA) is 41.1 Å². The van der Waals surface area contributed by atoms with Gasteiger partial charge >= 0.3 is 0 Å². The van der Waals surface area contributed by atoms with Gasteiger partial charge < -0.3 is 5.32 Å². The molecule has 2 atom stereocenters. The molecule has 0 aliphatic carbocycles. The highest BCUT2D eigenvalue weighted by molar-refractivity contribution is 6.30. The second kappa shape index (κ2) is 5.40. The summed E-state index contributed by atoms with van der Waals surface area (Å²) in [5, 5.41) is 4.22. The zero-order valence-electron chi connectivity index (χ0n) is 13.4. The van der Waals surface area contributed by atoms with E-state index in [1.165, 1.54) is 32.4 Å². The van der Waals surface area contributed by atoms with Crippen LogP contribution in [0, 0.1) is 6.92 Å². The molecule has 0 radical (unpaired) electrons. The molecule has 2 aliphatic rings. The third-order valence-electron chi connectivity index (χ3n) is 4.69. The molecule has 0 aromatic carbocycles. The predicted octanol–water partition coefficient (Wildman–Crippen LogP) is 3.38. The standard InChI is InChI=1S/C16H25ClN4/c1-10-13(17)19-15(16(2,3)4)20-14(10)18-11-7-9-21-8-5-6-12(11)21/h11-12H,5-9H2,1-4H3,(H,18,19,20). The maximum atomic E-state index is 6.32. The number of nitrogens with zero attached hydrogens (tertiary/aromatic N) is 3. The molecule has 0 bridgehead atoms. The lowest BCUT2D eigenvalue weighted by Crippen LogP contribution is -2.34. The van der Waals surface area contributed by atoms with Gasteiger partial charge in [-0.3, -0.25) is 4.90 Å². The van der Waals surface area contributed by atoms with Gasteiger partial charge in [0.05, 0.1) is 0 Å². The summed E-state index contributed by atoms with van der Waals surface area (Å²) in [7, 11) is 0. The van der Waals surface area contributed by atoms with Crippen molar-refractivity contribution in [2.45, 2.75) is 64.5 Å². The van der Waals surface area contributed by atoms with E-state index in [4.69, 9.17) is 16.6 Å². The Kier molecular flexibility index (Phi) is 3.87. The minimum absolute atomic E-state index is 0.0944. The van der Waals surface area contributed by atoms with E-state index < -0.39 is 0 Å². The largest absolute Gasteiger partial charge is 0.365 e. The number of fused-ring (bicyclic) bond motifs is 1. The van der Waals surface area contributed by atoms with Crippen molar-refractivity contribution >= 4 is 17.4 Å². The normalized spacial score (nSPS) is 26.1. The average Bonchev–Trinajstić information content (AvgIpc) is 2.98. The van der Waals surface area contributed by atoms with Crippen molar-refractivity contribution in [3.8, 4) is 0 Å². The predicted molar refractivity (Wildman–Crippen MR) is 87.1 cm³/mol. The van der Waals surface area contributed by atoms with E-state index in [9.17, 15) is 0 Å². The first-order valence-corrected chi connectivity index (χ1v) is 8.29. The SMILES string of the molecule is Cc1c(Cl)nc(C(C)(C)C)nc1NC1CCN2CCCC12. The fourth-order valence-corrected chi connectivity index (χ4v) is 3.56. The quantitative estimate of drug-likeness (QED) is 0.850. The summed E-state index contributed by atoms with van der Waals surface area (Å²) in [5.41, 5.74) is 0.865. The van der Waals surface area contributed by atoms with Crippen LogP contribution in [0.25, 0.3) is 0 Å². The molecule has 4 nitrogen and oxygen atoms in total. The van der Waals surface area contributed by atoms with Gasteiger partial charge in [-0.2, -0.15) is 0 Å². The van der Waals surface area contributed by atoms with Crippen molar-refractivity contribution in [3.05, 3.63) is 16.5 Å². The molecule has 3 heterocycles. The zero-order chi connectivity index (χ0) is 15.2. The van der Waals surface area contributed by atoms with E-state index in [1.54, 1.807) is 0 Å². The van der Waals surface area contributed by atoms with Crippen LogP contribution in [0.15, 0.2) is 0 Å². The highest BCUT2D eigenvalue weighted by Gasteiger charge is 2.37. The number of anilines is 1. The van der Waals surface area contributed by atoms with E-state index >= 15 is 0 Å². The summed E-state index contributed by atoms with van der Waals surface area (Å²) < 4.78 is 0. The molecule has 3 rings (SSSR count). The lowest BCUT2D eigenvalue weighted by atomic mass is 9.95. The van der Waals surface area contributed by atoms with Gasteiger partial charge in [0, 0.05) is 29.6 Å². The number of halogens is 1. The Morgan fingerprint density at radius 1 is 1.19 bits per heavy atom. The molecular weight excluding hydrogens is 284 g/mol. The van der Waals surface area contributed by atoms with Crippen LogP contribution in [0.1, 0.15) is 51.4 Å². The maximum absolute atomic E-state index is 6.32. The van der Waals surface area contributed by atoms with Gasteiger partial charge in [0.1, 0.15) is 16.8 Å². The van der Waals surface area contributed by atoms with Gasteiger partial charge in [-0.15, -0.1) is 0 Å². The molecule has 2 saturated heterocycles. The summed E-state index contributed by atoms with van der Waals surface area (Å²) in [4.78, 5) is 11.8. The number of rotatable bonds is 2. The highest BCUT2D eigenvalue weighted by Crippen LogP contribution is 2.32. The third kappa shape index (κ3) is 2.88. The van der Waals surface area contributed by atoms with Crippen molar-refractivity contribution in [1.82, 2.24) is 14.9 Å². The number of nitrogens with one attached hydrogen (secondary N) is 1. The van der Waals surface area contributed by atoms with E-state index in [2.05, 4.69) is 36.0 Å². The van der Waals surface area contributed by atoms with Crippen LogP contribution in [0.3, 0.4) is 0 Å². The fraction of sp³-hybridized carbons (Fsp3) is 0.750. The molecule has 0 spiro atoms. The van der Waals surface area contributed by atoms with Gasteiger partial charge in [-0.1, -0.05) is 32.4 Å². The molecule has 2 aliphatic heterocycles. The van der Waals surface area contributed by atoms with Crippen LogP contribution in [0.4, 0.5) is 5.82 Å². The van der Waals surface area contributed by atoms with Crippen LogP contribution >= 0.6 is 11.6 Å². The number of hydrogen-bond acceptors (Lipinski definition) is 4. The molecular formula is C16H25ClN4. The van der Waals surface area contributed by atoms with Crippen LogP contribution in [0.5, 0.6) is 0 Å². The molecule has 5 heteroatoms. The molecule has 2 fully saturated rings. The summed E-state index contributed by atoms with van der Waals surface area (Å²) in [6.07, 6.45) is 3.80. The summed E-state index contributed by atoms with van der Waals surface area (Å²) in [5.74, 6) is 1.72. The van der Waals surface area contributed by atoms with Crippen molar-refractivity contribution in [2.24, 2.45) is 0 Å². The second-order valence-corrected chi connectivity index (χ2v) is 7.70. The Morgan fingerprint density at radius 2 is 1.95 bits per heavy atom. The first kappa shape index (κ1) is 15.0. The van der Waals surface area contributed by atoms with E-state index in [0.29, 0.717) is 17.2 Å². The van der Waals surface area contributed by atoms with E-state index in [-0.39, 0.29) is 5.41 Å². The molecule has 1 aromatic rings. The fourth-order valence-electron chi connectivity index (χ4n) is 3.39. The zero-order valence-corrected chi connectivity index (χ0v) is 14.2. The lowest BCUT2D eigenvalue weighted by Gasteiger charge is -2.24. The number of aromatic nitrogens is 2. The van der Waals surface area contributed by atoms with Crippen molar-refractivity contribution in [2.75, 3.05) is 18.4 Å². The molecule has 2 unspecified atom stereocenters. The van der Waals surface area contributed by atoms with Crippen molar-refractivity contribution < 1.29 is 0 Å². The van der Waals surface area contributed by atoms with Crippen molar-refractivity contribution in [3.63, 3.8) is 0 Å². The third-order valence-corrected chi connectivity index (χ3v) is 5.05. The van der Waals surface area contributed by atoms with E-state index in [0.717, 1.165) is 17.2 Å². The summed E-state index contributed by atoms with van der Waals surface area (Å²) in [6.45, 7) is 10.8. The minimum atomic E-state index is -0.0944.